The minimum atomic E-state index is -0.763. The molecule has 0 spiro atoms. The molecule has 3 heterocycles. The number of aromatic hydroxyl groups is 1. The predicted molar refractivity (Wildman–Crippen MR) is 357 cm³/mol. The fourth-order valence-corrected chi connectivity index (χ4v) is 13.4. The number of carbonyl (C=O) groups excluding carboxylic acids is 1. The third kappa shape index (κ3) is 16.8. The molecule has 3 aliphatic heterocycles. The monoisotopic (exact) mass is 1220 g/mol. The summed E-state index contributed by atoms with van der Waals surface area (Å²) >= 11 is 0. The summed E-state index contributed by atoms with van der Waals surface area (Å²) in [5.74, 6) is 1.31. The average Bonchev–Trinajstić information content (AvgIpc) is 0.894. The van der Waals surface area contributed by atoms with E-state index in [1.165, 1.54) is 51.0 Å². The highest BCUT2D eigenvalue weighted by atomic mass is 16.7. The summed E-state index contributed by atoms with van der Waals surface area (Å²) in [6.45, 7) is 16.4. The second-order valence-electron chi connectivity index (χ2n) is 25.2. The second-order valence-corrected chi connectivity index (χ2v) is 25.2. The third-order valence-corrected chi connectivity index (χ3v) is 18.6. The lowest BCUT2D eigenvalue weighted by Crippen LogP contribution is -2.44. The van der Waals surface area contributed by atoms with Crippen LogP contribution >= 0.6 is 0 Å². The molecule has 478 valence electrons. The van der Waals surface area contributed by atoms with Crippen LogP contribution in [0.2, 0.25) is 0 Å². The highest BCUT2D eigenvalue weighted by Gasteiger charge is 2.40. The molecule has 6 aromatic carbocycles. The van der Waals surface area contributed by atoms with E-state index < -0.39 is 31.1 Å². The highest BCUT2D eigenvalue weighted by molar-refractivity contribution is 5.92. The van der Waals surface area contributed by atoms with Gasteiger partial charge in [-0.2, -0.15) is 4.58 Å². The Hall–Kier alpha value is -6.94. The van der Waals surface area contributed by atoms with Crippen molar-refractivity contribution in [3.05, 3.63) is 190 Å². The molecule has 10 rings (SSSR count). The summed E-state index contributed by atoms with van der Waals surface area (Å²) < 4.78 is 55.4. The maximum absolute atomic E-state index is 11.8. The smallest absolute Gasteiger partial charge is 0.302 e. The number of aliphatic hydroxyl groups is 1. The van der Waals surface area contributed by atoms with E-state index in [0.29, 0.717) is 56.3 Å². The number of phenolic OH excluding ortho intramolecular Hbond substituents is 1. The molecule has 13 nitrogen and oxygen atoms in total. The second kappa shape index (κ2) is 30.9. The minimum Gasteiger partial charge on any atom is -0.508 e. The standard InChI is InChI=1S/C77H94N2O11/c1-11-21-74-84-66(46-67(85-74)48-69-45-65(43-61(82)42-62(12-2)83-53(8)80)88-76(90-69)58-26-19-28-60(81)40-58)47-68-44-63(13-3)87-77(89-68)59-27-20-29-64(41-59)86-75-56(34-32-49(4)78(9)72-38-36-54-22-14-16-30-70(54)51(72)6)24-18-25-57(75)35-33-50(5)79(10)73-39-37-55-23-15-17-31-71(55)52(73)7/h14-17,19-20,22-23,26-41,61-63,65-69,74,76-77,82H,11-13,18,21,24-25,42-48H2,1-10H3/p+1. The van der Waals surface area contributed by atoms with Gasteiger partial charge >= 0.3 is 5.97 Å². The van der Waals surface area contributed by atoms with E-state index >= 15 is 0 Å². The van der Waals surface area contributed by atoms with Crippen molar-refractivity contribution < 1.29 is 57.5 Å². The van der Waals surface area contributed by atoms with Gasteiger partial charge in [0.2, 0.25) is 5.69 Å². The first-order valence-corrected chi connectivity index (χ1v) is 32.9. The third-order valence-electron chi connectivity index (χ3n) is 18.6. The molecule has 3 fully saturated rings. The van der Waals surface area contributed by atoms with Crippen LogP contribution in [0.25, 0.3) is 21.5 Å². The van der Waals surface area contributed by atoms with Gasteiger partial charge in [-0.25, -0.2) is 0 Å². The summed E-state index contributed by atoms with van der Waals surface area (Å²) in [4.78, 5) is 14.1. The number of anilines is 1. The molecule has 3 saturated heterocycles. The summed E-state index contributed by atoms with van der Waals surface area (Å²) in [6, 6.07) is 41.1. The number of carbonyl (C=O) groups is 1. The zero-order valence-corrected chi connectivity index (χ0v) is 54.6. The molecule has 13 heteroatoms. The van der Waals surface area contributed by atoms with Crippen molar-refractivity contribution in [1.82, 2.24) is 0 Å². The highest BCUT2D eigenvalue weighted by Crippen LogP contribution is 2.41. The van der Waals surface area contributed by atoms with Gasteiger partial charge in [-0.15, -0.1) is 0 Å². The number of fused-ring (bicyclic) bond motifs is 2. The molecule has 0 amide bonds. The molecule has 0 bridgehead atoms. The Morgan fingerprint density at radius 1 is 0.711 bits per heavy atom. The lowest BCUT2D eigenvalue weighted by molar-refractivity contribution is -0.404. The first-order valence-electron chi connectivity index (χ1n) is 32.9. The Balaban J connectivity index is 0.880. The van der Waals surface area contributed by atoms with Gasteiger partial charge in [0.25, 0.3) is 0 Å². The predicted octanol–water partition coefficient (Wildman–Crippen LogP) is 17.1. The van der Waals surface area contributed by atoms with Gasteiger partial charge in [0.1, 0.15) is 30.4 Å². The Bertz CT molecular complexity index is 3600. The van der Waals surface area contributed by atoms with E-state index in [-0.39, 0.29) is 48.3 Å². The lowest BCUT2D eigenvalue weighted by atomic mass is 9.92. The van der Waals surface area contributed by atoms with E-state index in [1.54, 1.807) is 18.2 Å². The van der Waals surface area contributed by atoms with Gasteiger partial charge in [-0.1, -0.05) is 112 Å². The SMILES string of the molecule is CCCC1OC(CC2CC(CC)OC(c3cccc(OC4=C(/C=C/C(C)=[N+](C)c5ccc6ccccc6c5C)CCC/C4=C\C=C(/C)N(C)c4ccc5ccccc5c4C)c3)O2)CC(CC2CC(CC(O)CC(CC)OC(C)=O)OC(c3cccc(O)c3)O2)O1. The van der Waals surface area contributed by atoms with Gasteiger partial charge in [-0.05, 0) is 153 Å². The first kappa shape index (κ1) is 66.0. The van der Waals surface area contributed by atoms with E-state index in [1.807, 2.05) is 25.1 Å². The topological polar surface area (TPSA) is 138 Å². The maximum atomic E-state index is 11.8. The van der Waals surface area contributed by atoms with E-state index in [9.17, 15) is 15.0 Å². The molecule has 90 heavy (non-hydrogen) atoms. The van der Waals surface area contributed by atoms with Crippen molar-refractivity contribution >= 4 is 44.6 Å². The van der Waals surface area contributed by atoms with Crippen molar-refractivity contribution in [1.29, 1.82) is 0 Å². The number of ether oxygens (including phenoxy) is 8. The molecule has 6 aromatic rings. The Labute approximate surface area is 533 Å². The van der Waals surface area contributed by atoms with Gasteiger partial charge in [-0.3, -0.25) is 4.79 Å². The van der Waals surface area contributed by atoms with Crippen LogP contribution in [0.4, 0.5) is 11.4 Å². The maximum Gasteiger partial charge on any atom is 0.302 e. The Morgan fingerprint density at radius 3 is 1.99 bits per heavy atom. The van der Waals surface area contributed by atoms with Crippen molar-refractivity contribution in [2.75, 3.05) is 19.0 Å². The zero-order valence-electron chi connectivity index (χ0n) is 54.6. The number of aliphatic hydroxyl groups excluding tert-OH is 1. The van der Waals surface area contributed by atoms with Crippen molar-refractivity contribution in [3.63, 3.8) is 0 Å². The number of aryl methyl sites for hydroxylation is 2. The van der Waals surface area contributed by atoms with Crippen molar-refractivity contribution in [2.24, 2.45) is 0 Å². The molecule has 11 unspecified atom stereocenters. The summed E-state index contributed by atoms with van der Waals surface area (Å²) in [5.41, 5.74) is 10.9. The fraction of sp³-hybridized carbons (Fsp3) is 0.455. The lowest BCUT2D eigenvalue weighted by Gasteiger charge is -2.42. The number of benzene rings is 6. The number of hydrogen-bond acceptors (Lipinski definition) is 12. The fourth-order valence-electron chi connectivity index (χ4n) is 13.4. The average molecular weight is 1220 g/mol. The first-order chi connectivity index (χ1) is 43.5. The van der Waals surface area contributed by atoms with Crippen LogP contribution in [0.15, 0.2) is 168 Å². The van der Waals surface area contributed by atoms with Crippen molar-refractivity contribution in [3.8, 4) is 11.5 Å². The molecule has 1 aliphatic carbocycles. The number of esters is 1. The number of nitrogens with zero attached hydrogens (tertiary/aromatic N) is 2. The molecule has 11 atom stereocenters. The number of allylic oxidation sites excluding steroid dienone is 7. The van der Waals surface area contributed by atoms with Gasteiger partial charge in [0.05, 0.1) is 42.7 Å². The molecule has 0 radical (unpaired) electrons. The quantitative estimate of drug-likeness (QED) is 0.0359. The number of phenols is 1. The molecule has 0 aromatic heterocycles. The van der Waals surface area contributed by atoms with E-state index in [0.717, 1.165) is 78.8 Å². The van der Waals surface area contributed by atoms with Crippen LogP contribution in [0.3, 0.4) is 0 Å². The Morgan fingerprint density at radius 2 is 1.32 bits per heavy atom. The van der Waals surface area contributed by atoms with Gasteiger partial charge < -0.3 is 53.0 Å². The van der Waals surface area contributed by atoms with Crippen LogP contribution in [0.1, 0.15) is 166 Å². The summed E-state index contributed by atoms with van der Waals surface area (Å²) in [5, 5.41) is 26.7. The van der Waals surface area contributed by atoms with Crippen LogP contribution in [0, 0.1) is 13.8 Å². The minimum absolute atomic E-state index is 0.0331. The molecular formula is C77H95N2O11+. The molecule has 2 N–H and O–H groups in total. The van der Waals surface area contributed by atoms with Crippen LogP contribution < -0.4 is 9.64 Å². The molecule has 0 saturated carbocycles. The van der Waals surface area contributed by atoms with Crippen LogP contribution in [-0.4, -0.2) is 95.7 Å². The van der Waals surface area contributed by atoms with Gasteiger partial charge in [0.15, 0.2) is 24.6 Å². The summed E-state index contributed by atoms with van der Waals surface area (Å²) in [6.07, 6.45) is 14.4. The Kier molecular flexibility index (Phi) is 22.7. The van der Waals surface area contributed by atoms with Crippen LogP contribution in [-0.2, 0) is 38.0 Å². The number of hydrogen-bond donors (Lipinski definition) is 2. The van der Waals surface area contributed by atoms with Crippen molar-refractivity contribution in [2.45, 2.75) is 213 Å². The van der Waals surface area contributed by atoms with Gasteiger partial charge in [0, 0.05) is 99.6 Å². The number of rotatable bonds is 23. The summed E-state index contributed by atoms with van der Waals surface area (Å²) in [7, 11) is 4.29. The van der Waals surface area contributed by atoms with E-state index in [4.69, 9.17) is 37.9 Å². The zero-order chi connectivity index (χ0) is 63.4. The molecule has 4 aliphatic rings. The van der Waals surface area contributed by atoms with Crippen LogP contribution in [0.5, 0.6) is 11.5 Å². The normalized spacial score (nSPS) is 24.9. The largest absolute Gasteiger partial charge is 0.508 e. The van der Waals surface area contributed by atoms with E-state index in [2.05, 4.69) is 174 Å². The molecular weight excluding hydrogens is 1130 g/mol.